The molecule has 40 heavy (non-hydrogen) atoms. The van der Waals surface area contributed by atoms with Crippen molar-refractivity contribution in [2.24, 2.45) is 4.99 Å². The van der Waals surface area contributed by atoms with Crippen LogP contribution in [0.25, 0.3) is 0 Å². The van der Waals surface area contributed by atoms with Crippen molar-refractivity contribution in [2.45, 2.75) is 18.6 Å². The summed E-state index contributed by atoms with van der Waals surface area (Å²) in [6, 6.07) is 13.4. The number of carboxylic acid groups (broad SMARTS) is 1. The van der Waals surface area contributed by atoms with E-state index in [4.69, 9.17) is 9.47 Å². The number of benzene rings is 3. The molecule has 0 N–H and O–H groups in total. The maximum atomic E-state index is 15.0. The van der Waals surface area contributed by atoms with E-state index < -0.39 is 36.0 Å². The number of carboxylic acids is 1. The van der Waals surface area contributed by atoms with Crippen molar-refractivity contribution >= 4 is 29.0 Å². The number of carbonyl (C=O) groups is 1. The highest BCUT2D eigenvalue weighted by Gasteiger charge is 2.38. The Morgan fingerprint density at radius 1 is 0.925 bits per heavy atom. The molecular weight excluding hydrogens is 532 g/mol. The number of alkyl halides is 3. The molecule has 3 aliphatic rings. The summed E-state index contributed by atoms with van der Waals surface area (Å²) in [5, 5.41) is 11.8. The number of hydrogen-bond donors (Lipinski definition) is 0. The fourth-order valence-electron chi connectivity index (χ4n) is 5.31. The summed E-state index contributed by atoms with van der Waals surface area (Å²) in [6.07, 6.45) is -5.20. The quantitative estimate of drug-likeness (QED) is 0.449. The van der Waals surface area contributed by atoms with Crippen LogP contribution in [0, 0.1) is 5.82 Å². The van der Waals surface area contributed by atoms with Gasteiger partial charge in [-0.1, -0.05) is 18.2 Å². The number of anilines is 2. The second kappa shape index (κ2) is 9.92. The van der Waals surface area contributed by atoms with Crippen molar-refractivity contribution in [3.8, 4) is 11.5 Å². The first-order valence-electron chi connectivity index (χ1n) is 12.6. The number of aliphatic imine (C=N–C) groups is 1. The molecule has 0 aliphatic carbocycles. The topological polar surface area (TPSA) is 80.7 Å². The van der Waals surface area contributed by atoms with Crippen LogP contribution in [0.1, 0.15) is 23.6 Å². The van der Waals surface area contributed by atoms with E-state index in [0.29, 0.717) is 37.7 Å². The molecule has 1 saturated heterocycles. The van der Waals surface area contributed by atoms with Crippen LogP contribution in [-0.4, -0.2) is 49.8 Å². The molecule has 0 aromatic heterocycles. The zero-order valence-electron chi connectivity index (χ0n) is 21.0. The van der Waals surface area contributed by atoms with Gasteiger partial charge in [-0.05, 0) is 36.4 Å². The standard InChI is InChI=1S/C28H24F4N4O4/c29-21-6-2-5-20-22(15-25(37)38)36(19-4-1-3-17(13-19)28(30,31)32)27(33-26(20)21)35-11-9-34(10-12-35)18-7-8-23-24(14-18)40-16-39-23/h1-8,13-14,22H,9-12,15-16H2,(H,37,38)/p-1. The first-order chi connectivity index (χ1) is 19.2. The van der Waals surface area contributed by atoms with E-state index in [9.17, 15) is 27.5 Å². The molecule has 0 radical (unpaired) electrons. The van der Waals surface area contributed by atoms with Crippen molar-refractivity contribution in [3.63, 3.8) is 0 Å². The minimum absolute atomic E-state index is 0.0369. The molecule has 12 heteroatoms. The van der Waals surface area contributed by atoms with Gasteiger partial charge in [0.1, 0.15) is 11.5 Å². The van der Waals surface area contributed by atoms with Crippen molar-refractivity contribution in [1.29, 1.82) is 0 Å². The second-order valence-corrected chi connectivity index (χ2v) is 9.61. The summed E-state index contributed by atoms with van der Waals surface area (Å²) >= 11 is 0. The van der Waals surface area contributed by atoms with E-state index in [1.54, 1.807) is 0 Å². The van der Waals surface area contributed by atoms with Gasteiger partial charge < -0.3 is 34.1 Å². The molecule has 1 atom stereocenters. The molecule has 0 bridgehead atoms. The number of halogens is 4. The molecular formula is C28H23F4N4O4-. The Bertz CT molecular complexity index is 1490. The zero-order chi connectivity index (χ0) is 28.0. The third-order valence-corrected chi connectivity index (χ3v) is 7.21. The van der Waals surface area contributed by atoms with Gasteiger partial charge in [0, 0.05) is 61.6 Å². The summed E-state index contributed by atoms with van der Waals surface area (Å²) in [5.41, 5.74) is 0.326. The summed E-state index contributed by atoms with van der Waals surface area (Å²) in [4.78, 5) is 21.8. The molecule has 1 fully saturated rings. The van der Waals surface area contributed by atoms with Gasteiger partial charge in [-0.3, -0.25) is 0 Å². The number of fused-ring (bicyclic) bond motifs is 2. The Kier molecular flexibility index (Phi) is 6.40. The highest BCUT2D eigenvalue weighted by Crippen LogP contribution is 2.43. The van der Waals surface area contributed by atoms with Gasteiger partial charge in [0.15, 0.2) is 11.5 Å². The van der Waals surface area contributed by atoms with Crippen LogP contribution in [0.15, 0.2) is 65.7 Å². The van der Waals surface area contributed by atoms with Crippen LogP contribution in [0.3, 0.4) is 0 Å². The fourth-order valence-corrected chi connectivity index (χ4v) is 5.31. The molecule has 3 heterocycles. The Balaban J connectivity index is 1.37. The van der Waals surface area contributed by atoms with E-state index in [1.165, 1.54) is 35.2 Å². The average molecular weight is 556 g/mol. The normalized spacial score (nSPS) is 18.4. The van der Waals surface area contributed by atoms with Gasteiger partial charge in [0.25, 0.3) is 0 Å². The van der Waals surface area contributed by atoms with E-state index >= 15 is 0 Å². The van der Waals surface area contributed by atoms with Crippen molar-refractivity contribution in [1.82, 2.24) is 4.90 Å². The Hall–Kier alpha value is -4.48. The predicted molar refractivity (Wildman–Crippen MR) is 136 cm³/mol. The summed E-state index contributed by atoms with van der Waals surface area (Å²) in [5.74, 6) is -0.597. The molecule has 3 aromatic rings. The SMILES string of the molecule is O=C([O-])CC1c2cccc(F)c2N=C(N2CCN(c3ccc4c(c3)OCO4)CC2)N1c1cccc(C(F)(F)F)c1. The Morgan fingerprint density at radius 2 is 1.65 bits per heavy atom. The third-order valence-electron chi connectivity index (χ3n) is 7.21. The highest BCUT2D eigenvalue weighted by atomic mass is 19.4. The van der Waals surface area contributed by atoms with Gasteiger partial charge >= 0.3 is 6.18 Å². The first-order valence-corrected chi connectivity index (χ1v) is 12.6. The molecule has 3 aromatic carbocycles. The number of guanidine groups is 1. The Morgan fingerprint density at radius 3 is 2.40 bits per heavy atom. The smallest absolute Gasteiger partial charge is 0.416 e. The molecule has 0 spiro atoms. The fraction of sp³-hybridized carbons (Fsp3) is 0.286. The summed E-state index contributed by atoms with van der Waals surface area (Å²) in [7, 11) is 0. The number of hydrogen-bond acceptors (Lipinski definition) is 8. The lowest BCUT2D eigenvalue weighted by Crippen LogP contribution is -2.55. The van der Waals surface area contributed by atoms with Gasteiger partial charge in [-0.2, -0.15) is 13.2 Å². The first kappa shape index (κ1) is 25.8. The molecule has 3 aliphatic heterocycles. The predicted octanol–water partition coefficient (Wildman–Crippen LogP) is 4.08. The minimum Gasteiger partial charge on any atom is -0.550 e. The van der Waals surface area contributed by atoms with Crippen molar-refractivity contribution in [2.75, 3.05) is 42.8 Å². The van der Waals surface area contributed by atoms with Crippen LogP contribution < -0.4 is 24.4 Å². The maximum Gasteiger partial charge on any atom is 0.416 e. The van der Waals surface area contributed by atoms with Crippen molar-refractivity contribution in [3.05, 3.63) is 77.6 Å². The van der Waals surface area contributed by atoms with Crippen LogP contribution in [0.2, 0.25) is 0 Å². The Labute approximate surface area is 226 Å². The van der Waals surface area contributed by atoms with E-state index in [0.717, 1.165) is 17.8 Å². The van der Waals surface area contributed by atoms with Crippen LogP contribution in [-0.2, 0) is 11.0 Å². The largest absolute Gasteiger partial charge is 0.550 e. The lowest BCUT2D eigenvalue weighted by Gasteiger charge is -2.45. The number of nitrogens with zero attached hydrogens (tertiary/aromatic N) is 4. The van der Waals surface area contributed by atoms with Crippen LogP contribution in [0.5, 0.6) is 11.5 Å². The lowest BCUT2D eigenvalue weighted by molar-refractivity contribution is -0.306. The van der Waals surface area contributed by atoms with E-state index in [-0.39, 0.29) is 29.7 Å². The monoisotopic (exact) mass is 555 g/mol. The van der Waals surface area contributed by atoms with Crippen LogP contribution in [0.4, 0.5) is 34.6 Å². The number of piperazine rings is 1. The van der Waals surface area contributed by atoms with Gasteiger partial charge in [-0.15, -0.1) is 0 Å². The molecule has 0 saturated carbocycles. The lowest BCUT2D eigenvalue weighted by atomic mass is 9.97. The molecule has 208 valence electrons. The number of ether oxygens (including phenoxy) is 2. The van der Waals surface area contributed by atoms with E-state index in [1.807, 2.05) is 23.1 Å². The second-order valence-electron chi connectivity index (χ2n) is 9.61. The summed E-state index contributed by atoms with van der Waals surface area (Å²) < 4.78 is 66.7. The number of aliphatic carboxylic acids is 1. The molecule has 0 amide bonds. The maximum absolute atomic E-state index is 15.0. The van der Waals surface area contributed by atoms with Crippen LogP contribution >= 0.6 is 0 Å². The average Bonchev–Trinajstić information content (AvgIpc) is 3.41. The molecule has 1 unspecified atom stereocenters. The van der Waals surface area contributed by atoms with Gasteiger partial charge in [-0.25, -0.2) is 9.38 Å². The molecule has 6 rings (SSSR count). The highest BCUT2D eigenvalue weighted by molar-refractivity contribution is 6.01. The minimum atomic E-state index is -4.62. The van der Waals surface area contributed by atoms with Gasteiger partial charge in [0.2, 0.25) is 12.8 Å². The van der Waals surface area contributed by atoms with Gasteiger partial charge in [0.05, 0.1) is 11.6 Å². The third kappa shape index (κ3) is 4.74. The molecule has 8 nitrogen and oxygen atoms in total. The van der Waals surface area contributed by atoms with E-state index in [2.05, 4.69) is 9.89 Å². The van der Waals surface area contributed by atoms with Crippen molar-refractivity contribution < 1.29 is 36.9 Å². The zero-order valence-corrected chi connectivity index (χ0v) is 21.0. The number of carbonyl (C=O) groups excluding carboxylic acids is 1. The summed E-state index contributed by atoms with van der Waals surface area (Å²) in [6.45, 7) is 1.98. The number of para-hydroxylation sites is 1. The number of rotatable bonds is 4.